The van der Waals surface area contributed by atoms with Gasteiger partial charge in [-0.1, -0.05) is 11.6 Å². The Labute approximate surface area is 59.1 Å². The molecule has 0 fully saturated rings. The number of phenolic OH excluding ortho intramolecular Hbond substituents is 1. The molecule has 51 valence electrons. The Bertz CT molecular complexity index is 253. The van der Waals surface area contributed by atoms with Gasteiger partial charge in [0.1, 0.15) is 5.75 Å². The van der Waals surface area contributed by atoms with Crippen LogP contribution in [-0.4, -0.2) is 11.4 Å². The van der Waals surface area contributed by atoms with Crippen LogP contribution in [0.2, 0.25) is 0 Å². The zero-order valence-corrected chi connectivity index (χ0v) is 5.59. The van der Waals surface area contributed by atoms with E-state index in [0.717, 1.165) is 5.56 Å². The molecule has 0 spiro atoms. The van der Waals surface area contributed by atoms with E-state index in [-0.39, 0.29) is 11.3 Å². The van der Waals surface area contributed by atoms with E-state index in [1.165, 1.54) is 6.07 Å². The molecular weight excluding hydrogens is 128 g/mol. The summed E-state index contributed by atoms with van der Waals surface area (Å²) in [5.74, 6) is -0.0133. The highest BCUT2D eigenvalue weighted by molar-refractivity contribution is 5.79. The molecular formula is C8H7O2. The zero-order valence-electron chi connectivity index (χ0n) is 5.59. The third kappa shape index (κ3) is 1.16. The number of carbonyl (C=O) groups excluding carboxylic acids is 1. The van der Waals surface area contributed by atoms with Crippen molar-refractivity contribution < 1.29 is 9.90 Å². The number of hydrogen-bond acceptors (Lipinski definition) is 2. The highest BCUT2D eigenvalue weighted by Crippen LogP contribution is 2.14. The van der Waals surface area contributed by atoms with E-state index in [0.29, 0.717) is 0 Å². The average Bonchev–Trinajstić information content (AvgIpc) is 1.94. The fourth-order valence-electron chi connectivity index (χ4n) is 0.732. The Morgan fingerprint density at radius 1 is 1.50 bits per heavy atom. The van der Waals surface area contributed by atoms with Crippen molar-refractivity contribution in [3.8, 4) is 5.75 Å². The molecule has 1 radical (unpaired) electrons. The fourth-order valence-corrected chi connectivity index (χ4v) is 0.732. The van der Waals surface area contributed by atoms with Crippen molar-refractivity contribution in [3.63, 3.8) is 0 Å². The van der Waals surface area contributed by atoms with Gasteiger partial charge in [-0.25, -0.2) is 0 Å². The van der Waals surface area contributed by atoms with Crippen molar-refractivity contribution in [2.45, 2.75) is 6.92 Å². The Balaban J connectivity index is 3.21. The zero-order chi connectivity index (χ0) is 7.56. The van der Waals surface area contributed by atoms with Crippen LogP contribution in [-0.2, 0) is 4.79 Å². The fraction of sp³-hybridized carbons (Fsp3) is 0.125. The van der Waals surface area contributed by atoms with Gasteiger partial charge in [-0.2, -0.15) is 0 Å². The molecule has 1 aromatic rings. The molecule has 0 amide bonds. The van der Waals surface area contributed by atoms with E-state index in [4.69, 9.17) is 5.11 Å². The molecule has 0 aliphatic heterocycles. The van der Waals surface area contributed by atoms with Crippen molar-refractivity contribution >= 4 is 6.29 Å². The lowest BCUT2D eigenvalue weighted by atomic mass is 10.1. The summed E-state index contributed by atoms with van der Waals surface area (Å²) < 4.78 is 0. The van der Waals surface area contributed by atoms with Crippen LogP contribution in [0.25, 0.3) is 0 Å². The molecule has 0 atom stereocenters. The summed E-state index contributed by atoms with van der Waals surface area (Å²) in [5, 5.41) is 8.97. The van der Waals surface area contributed by atoms with E-state index in [2.05, 4.69) is 0 Å². The molecule has 1 N–H and O–H groups in total. The number of hydrogen-bond donors (Lipinski definition) is 1. The first-order chi connectivity index (χ1) is 4.74. The van der Waals surface area contributed by atoms with E-state index in [1.54, 1.807) is 18.4 Å². The van der Waals surface area contributed by atoms with Crippen LogP contribution in [0.15, 0.2) is 18.2 Å². The maximum Gasteiger partial charge on any atom is 0.237 e. The second-order valence-corrected chi connectivity index (χ2v) is 2.12. The summed E-state index contributed by atoms with van der Waals surface area (Å²) in [4.78, 5) is 10.1. The third-order valence-electron chi connectivity index (χ3n) is 1.26. The van der Waals surface area contributed by atoms with Crippen LogP contribution in [0.5, 0.6) is 5.75 Å². The molecule has 0 aromatic heterocycles. The molecule has 2 nitrogen and oxygen atoms in total. The minimum Gasteiger partial charge on any atom is -0.507 e. The van der Waals surface area contributed by atoms with E-state index < -0.39 is 0 Å². The summed E-state index contributed by atoms with van der Waals surface area (Å²) in [6, 6.07) is 4.80. The molecule has 0 saturated heterocycles. The van der Waals surface area contributed by atoms with Crippen molar-refractivity contribution in [1.29, 1.82) is 0 Å². The maximum atomic E-state index is 10.1. The monoisotopic (exact) mass is 135 g/mol. The van der Waals surface area contributed by atoms with Gasteiger partial charge < -0.3 is 5.11 Å². The van der Waals surface area contributed by atoms with Crippen molar-refractivity contribution in [2.24, 2.45) is 0 Å². The molecule has 0 aliphatic rings. The number of rotatable bonds is 1. The summed E-state index contributed by atoms with van der Waals surface area (Å²) in [7, 11) is 0. The van der Waals surface area contributed by atoms with Gasteiger partial charge in [0.25, 0.3) is 0 Å². The normalized spacial score (nSPS) is 9.30. The Hall–Kier alpha value is -1.31. The number of benzene rings is 1. The van der Waals surface area contributed by atoms with Gasteiger partial charge in [0, 0.05) is 0 Å². The van der Waals surface area contributed by atoms with Crippen LogP contribution in [0, 0.1) is 6.92 Å². The maximum absolute atomic E-state index is 10.1. The van der Waals surface area contributed by atoms with Gasteiger partial charge in [-0.15, -0.1) is 0 Å². The van der Waals surface area contributed by atoms with Crippen molar-refractivity contribution in [3.05, 3.63) is 29.3 Å². The van der Waals surface area contributed by atoms with Gasteiger partial charge in [0.2, 0.25) is 6.29 Å². The number of aryl methyl sites for hydroxylation is 1. The summed E-state index contributed by atoms with van der Waals surface area (Å²) in [6.07, 6.45) is 1.64. The average molecular weight is 135 g/mol. The lowest BCUT2D eigenvalue weighted by molar-refractivity contribution is 0.472. The second kappa shape index (κ2) is 2.52. The van der Waals surface area contributed by atoms with Crippen LogP contribution in [0.1, 0.15) is 11.1 Å². The highest BCUT2D eigenvalue weighted by atomic mass is 16.3. The van der Waals surface area contributed by atoms with Crippen LogP contribution in [0.4, 0.5) is 0 Å². The molecule has 0 saturated carbocycles. The molecule has 1 aromatic carbocycles. The van der Waals surface area contributed by atoms with E-state index in [1.807, 2.05) is 6.92 Å². The van der Waals surface area contributed by atoms with Gasteiger partial charge >= 0.3 is 0 Å². The largest absolute Gasteiger partial charge is 0.507 e. The first kappa shape index (κ1) is 6.81. The lowest BCUT2D eigenvalue weighted by Gasteiger charge is -1.95. The quantitative estimate of drug-likeness (QED) is 0.627. The molecule has 10 heavy (non-hydrogen) atoms. The lowest BCUT2D eigenvalue weighted by Crippen LogP contribution is -1.82. The van der Waals surface area contributed by atoms with Crippen LogP contribution in [0.3, 0.4) is 0 Å². The summed E-state index contributed by atoms with van der Waals surface area (Å²) in [5.41, 5.74) is 1.16. The molecule has 2 heteroatoms. The minimum absolute atomic E-state index is 0.0133. The molecule has 1 rings (SSSR count). The summed E-state index contributed by atoms with van der Waals surface area (Å²) in [6.45, 7) is 1.85. The SMILES string of the molecule is Cc1ccc(O)c([C]=O)c1. The van der Waals surface area contributed by atoms with Crippen molar-refractivity contribution in [1.82, 2.24) is 0 Å². The second-order valence-electron chi connectivity index (χ2n) is 2.12. The van der Waals surface area contributed by atoms with Gasteiger partial charge in [-0.3, -0.25) is 4.79 Å². The Morgan fingerprint density at radius 2 is 2.20 bits per heavy atom. The number of aromatic hydroxyl groups is 1. The van der Waals surface area contributed by atoms with Gasteiger partial charge in [-0.05, 0) is 19.1 Å². The summed E-state index contributed by atoms with van der Waals surface area (Å²) >= 11 is 0. The minimum atomic E-state index is -0.0133. The molecule has 0 unspecified atom stereocenters. The smallest absolute Gasteiger partial charge is 0.237 e. The molecule has 0 bridgehead atoms. The van der Waals surface area contributed by atoms with Crippen LogP contribution < -0.4 is 0 Å². The van der Waals surface area contributed by atoms with Crippen LogP contribution >= 0.6 is 0 Å². The molecule has 0 aliphatic carbocycles. The Kier molecular flexibility index (Phi) is 1.71. The predicted molar refractivity (Wildman–Crippen MR) is 37.6 cm³/mol. The first-order valence-electron chi connectivity index (χ1n) is 2.92. The topological polar surface area (TPSA) is 37.3 Å². The highest BCUT2D eigenvalue weighted by Gasteiger charge is 1.98. The van der Waals surface area contributed by atoms with E-state index in [9.17, 15) is 4.79 Å². The van der Waals surface area contributed by atoms with E-state index >= 15 is 0 Å². The van der Waals surface area contributed by atoms with Gasteiger partial charge in [0.05, 0.1) is 5.56 Å². The first-order valence-corrected chi connectivity index (χ1v) is 2.92. The standard InChI is InChI=1S/C8H7O2/c1-6-2-3-8(10)7(4-6)5-9/h2-4,10H,1H3. The third-order valence-corrected chi connectivity index (χ3v) is 1.26. The van der Waals surface area contributed by atoms with Crippen molar-refractivity contribution in [2.75, 3.05) is 0 Å². The Morgan fingerprint density at radius 3 is 2.70 bits per heavy atom. The predicted octanol–water partition coefficient (Wildman–Crippen LogP) is 1.16. The molecule has 0 heterocycles. The van der Waals surface area contributed by atoms with Gasteiger partial charge in [0.15, 0.2) is 0 Å². The number of phenols is 1.